The highest BCUT2D eigenvalue weighted by atomic mass is 32.2. The Bertz CT molecular complexity index is 1000. The van der Waals surface area contributed by atoms with Crippen LogP contribution in [0.1, 0.15) is 44.1 Å². The second-order valence-corrected chi connectivity index (χ2v) is 10.3. The van der Waals surface area contributed by atoms with Gasteiger partial charge in [0.2, 0.25) is 11.8 Å². The molecule has 1 N–H and O–H groups in total. The second-order valence-electron chi connectivity index (χ2n) is 9.44. The number of nitrogens with zero attached hydrogens (tertiary/aromatic N) is 1. The van der Waals surface area contributed by atoms with Gasteiger partial charge in [-0.2, -0.15) is 0 Å². The van der Waals surface area contributed by atoms with Gasteiger partial charge in [-0.1, -0.05) is 24.3 Å². The zero-order valence-corrected chi connectivity index (χ0v) is 20.5. The summed E-state index contributed by atoms with van der Waals surface area (Å²) < 4.78 is 19.5. The molecular formula is C27H33FN2O3S. The zero-order chi connectivity index (χ0) is 24.0. The summed E-state index contributed by atoms with van der Waals surface area (Å²) in [6, 6.07) is 14.9. The second kappa shape index (κ2) is 11.3. The minimum absolute atomic E-state index is 0.0662. The number of ether oxygens (including phenoxy) is 1. The van der Waals surface area contributed by atoms with Gasteiger partial charge >= 0.3 is 0 Å². The van der Waals surface area contributed by atoms with Gasteiger partial charge in [-0.05, 0) is 68.2 Å². The summed E-state index contributed by atoms with van der Waals surface area (Å²) in [6.07, 6.45) is 6.97. The van der Waals surface area contributed by atoms with Gasteiger partial charge in [-0.25, -0.2) is 4.39 Å². The monoisotopic (exact) mass is 484 g/mol. The van der Waals surface area contributed by atoms with E-state index >= 15 is 0 Å². The number of carbonyl (C=O) groups excluding carboxylic acids is 2. The maximum atomic E-state index is 13.8. The molecule has 34 heavy (non-hydrogen) atoms. The average Bonchev–Trinajstić information content (AvgIpc) is 3.23. The van der Waals surface area contributed by atoms with E-state index in [-0.39, 0.29) is 34.8 Å². The Kier molecular flexibility index (Phi) is 8.14. The molecule has 182 valence electrons. The van der Waals surface area contributed by atoms with Gasteiger partial charge < -0.3 is 15.0 Å². The van der Waals surface area contributed by atoms with Crippen molar-refractivity contribution in [3.8, 4) is 5.75 Å². The Balaban J connectivity index is 1.32. The smallest absolute Gasteiger partial charge is 0.222 e. The fourth-order valence-electron chi connectivity index (χ4n) is 5.02. The fourth-order valence-corrected chi connectivity index (χ4v) is 5.43. The van der Waals surface area contributed by atoms with Crippen LogP contribution in [0.2, 0.25) is 0 Å². The lowest BCUT2D eigenvalue weighted by Crippen LogP contribution is -2.46. The SMILES string of the molecule is CSc1ccc(CC2(CCC(=O)N3CCCC(COc4ccccc4F)C3)CCC(=O)N2)cc1. The van der Waals surface area contributed by atoms with Crippen LogP contribution in [0.4, 0.5) is 4.39 Å². The minimum atomic E-state index is -0.364. The Morgan fingerprint density at radius 3 is 2.74 bits per heavy atom. The highest BCUT2D eigenvalue weighted by molar-refractivity contribution is 7.98. The molecule has 4 rings (SSSR count). The van der Waals surface area contributed by atoms with E-state index in [0.717, 1.165) is 32.2 Å². The molecule has 0 spiro atoms. The van der Waals surface area contributed by atoms with E-state index in [1.54, 1.807) is 30.0 Å². The highest BCUT2D eigenvalue weighted by Gasteiger charge is 2.38. The zero-order valence-electron chi connectivity index (χ0n) is 19.7. The molecule has 0 aliphatic carbocycles. The van der Waals surface area contributed by atoms with Crippen molar-refractivity contribution in [1.29, 1.82) is 0 Å². The van der Waals surface area contributed by atoms with Crippen molar-refractivity contribution in [1.82, 2.24) is 10.2 Å². The van der Waals surface area contributed by atoms with Gasteiger partial charge in [0.1, 0.15) is 0 Å². The summed E-state index contributed by atoms with van der Waals surface area (Å²) in [5, 5.41) is 3.18. The summed E-state index contributed by atoms with van der Waals surface area (Å²) in [6.45, 7) is 1.77. The molecule has 2 atom stereocenters. The Hall–Kier alpha value is -2.54. The van der Waals surface area contributed by atoms with Crippen LogP contribution in [-0.2, 0) is 16.0 Å². The molecule has 0 bridgehead atoms. The Morgan fingerprint density at radius 2 is 2.03 bits per heavy atom. The summed E-state index contributed by atoms with van der Waals surface area (Å²) in [5.41, 5.74) is 0.812. The predicted molar refractivity (Wildman–Crippen MR) is 132 cm³/mol. The molecule has 7 heteroatoms. The fraction of sp³-hybridized carbons (Fsp3) is 0.481. The normalized spacial score (nSPS) is 22.5. The number of para-hydroxylation sites is 1. The molecule has 2 aromatic rings. The van der Waals surface area contributed by atoms with Crippen molar-refractivity contribution in [2.24, 2.45) is 5.92 Å². The van der Waals surface area contributed by atoms with Gasteiger partial charge in [0.15, 0.2) is 11.6 Å². The molecule has 2 aliphatic rings. The van der Waals surface area contributed by atoms with E-state index in [9.17, 15) is 14.0 Å². The topological polar surface area (TPSA) is 58.6 Å². The van der Waals surface area contributed by atoms with E-state index in [4.69, 9.17) is 4.74 Å². The van der Waals surface area contributed by atoms with Crippen LogP contribution in [0, 0.1) is 11.7 Å². The first-order chi connectivity index (χ1) is 16.5. The molecule has 2 aromatic carbocycles. The number of carbonyl (C=O) groups is 2. The van der Waals surface area contributed by atoms with Crippen LogP contribution in [-0.4, -0.2) is 48.2 Å². The molecule has 0 saturated carbocycles. The molecule has 2 heterocycles. The molecule has 2 saturated heterocycles. The third-order valence-electron chi connectivity index (χ3n) is 6.94. The number of amides is 2. The number of likely N-dealkylation sites (tertiary alicyclic amines) is 1. The lowest BCUT2D eigenvalue weighted by Gasteiger charge is -2.34. The molecule has 2 fully saturated rings. The Morgan fingerprint density at radius 1 is 1.24 bits per heavy atom. The minimum Gasteiger partial charge on any atom is -0.490 e. The van der Waals surface area contributed by atoms with Crippen molar-refractivity contribution < 1.29 is 18.7 Å². The van der Waals surface area contributed by atoms with Crippen molar-refractivity contribution in [2.45, 2.75) is 55.4 Å². The van der Waals surface area contributed by atoms with Gasteiger partial charge in [0, 0.05) is 42.3 Å². The maximum Gasteiger partial charge on any atom is 0.222 e. The quantitative estimate of drug-likeness (QED) is 0.518. The molecule has 0 radical (unpaired) electrons. The lowest BCUT2D eigenvalue weighted by atomic mass is 9.84. The van der Waals surface area contributed by atoms with Crippen molar-refractivity contribution >= 4 is 23.6 Å². The molecule has 0 aromatic heterocycles. The highest BCUT2D eigenvalue weighted by Crippen LogP contribution is 2.31. The van der Waals surface area contributed by atoms with Gasteiger partial charge in [0.05, 0.1) is 6.61 Å². The van der Waals surface area contributed by atoms with Crippen molar-refractivity contribution in [3.63, 3.8) is 0 Å². The third-order valence-corrected chi connectivity index (χ3v) is 7.68. The van der Waals surface area contributed by atoms with Gasteiger partial charge in [-0.3, -0.25) is 9.59 Å². The number of hydrogen-bond acceptors (Lipinski definition) is 4. The van der Waals surface area contributed by atoms with Crippen LogP contribution in [0.25, 0.3) is 0 Å². The van der Waals surface area contributed by atoms with Crippen LogP contribution in [0.5, 0.6) is 5.75 Å². The number of thioether (sulfide) groups is 1. The first kappa shape index (κ1) is 24.6. The number of piperidine rings is 1. The van der Waals surface area contributed by atoms with Gasteiger partial charge in [-0.15, -0.1) is 11.8 Å². The first-order valence-electron chi connectivity index (χ1n) is 12.1. The number of rotatable bonds is 9. The standard InChI is InChI=1S/C27H33FN2O3S/c1-34-22-10-8-20(9-11-22)17-27(14-12-25(31)29-27)15-13-26(32)30-16-4-5-21(18-30)19-33-24-7-3-2-6-23(24)28/h2-3,6-11,21H,4-5,12-19H2,1H3,(H,29,31). The summed E-state index contributed by atoms with van der Waals surface area (Å²) in [4.78, 5) is 28.3. The third kappa shape index (κ3) is 6.32. The average molecular weight is 485 g/mol. The van der Waals surface area contributed by atoms with E-state index in [1.807, 2.05) is 4.90 Å². The number of nitrogens with one attached hydrogen (secondary N) is 1. The largest absolute Gasteiger partial charge is 0.490 e. The molecular weight excluding hydrogens is 451 g/mol. The molecule has 5 nitrogen and oxygen atoms in total. The van der Waals surface area contributed by atoms with E-state index in [1.165, 1.54) is 16.5 Å². The number of benzene rings is 2. The maximum absolute atomic E-state index is 13.8. The summed E-state index contributed by atoms with van der Waals surface area (Å²) in [5.74, 6) is 0.270. The number of halogens is 1. The molecule has 2 amide bonds. The van der Waals surface area contributed by atoms with E-state index in [2.05, 4.69) is 35.8 Å². The summed E-state index contributed by atoms with van der Waals surface area (Å²) >= 11 is 1.71. The van der Waals surface area contributed by atoms with Crippen molar-refractivity contribution in [2.75, 3.05) is 26.0 Å². The van der Waals surface area contributed by atoms with Crippen molar-refractivity contribution in [3.05, 3.63) is 59.9 Å². The van der Waals surface area contributed by atoms with Crippen LogP contribution in [0.3, 0.4) is 0 Å². The lowest BCUT2D eigenvalue weighted by molar-refractivity contribution is -0.134. The first-order valence-corrected chi connectivity index (χ1v) is 13.3. The Labute approximate surface area is 205 Å². The van der Waals surface area contributed by atoms with E-state index < -0.39 is 0 Å². The molecule has 2 unspecified atom stereocenters. The van der Waals surface area contributed by atoms with Crippen LogP contribution in [0.15, 0.2) is 53.4 Å². The number of hydrogen-bond donors (Lipinski definition) is 1. The predicted octanol–water partition coefficient (Wildman–Crippen LogP) is 4.84. The van der Waals surface area contributed by atoms with Gasteiger partial charge in [0.25, 0.3) is 0 Å². The van der Waals surface area contributed by atoms with Crippen LogP contribution < -0.4 is 10.1 Å². The summed E-state index contributed by atoms with van der Waals surface area (Å²) in [7, 11) is 0. The van der Waals surface area contributed by atoms with E-state index in [0.29, 0.717) is 32.4 Å². The van der Waals surface area contributed by atoms with Crippen LogP contribution >= 0.6 is 11.8 Å². The molecule has 2 aliphatic heterocycles.